The first-order chi connectivity index (χ1) is 8.72. The highest BCUT2D eigenvalue weighted by Gasteiger charge is 2.37. The van der Waals surface area contributed by atoms with Crippen molar-refractivity contribution in [3.8, 4) is 0 Å². The number of halogens is 1. The van der Waals surface area contributed by atoms with Gasteiger partial charge in [-0.15, -0.1) is 0 Å². The fourth-order valence-corrected chi connectivity index (χ4v) is 2.63. The van der Waals surface area contributed by atoms with Crippen LogP contribution < -0.4 is 5.32 Å². The van der Waals surface area contributed by atoms with Gasteiger partial charge in [0.2, 0.25) is 0 Å². The fourth-order valence-electron chi connectivity index (χ4n) is 2.29. The van der Waals surface area contributed by atoms with Gasteiger partial charge in [0.05, 0.1) is 25.2 Å². The molecule has 0 unspecified atom stereocenters. The van der Waals surface area contributed by atoms with Gasteiger partial charge < -0.3 is 15.2 Å². The molecular formula is C14H18ClNO2. The fraction of sp³-hybridized carbons (Fsp3) is 0.571. The van der Waals surface area contributed by atoms with Crippen molar-refractivity contribution in [2.45, 2.75) is 18.8 Å². The van der Waals surface area contributed by atoms with Crippen LogP contribution in [-0.4, -0.2) is 31.5 Å². The SMILES string of the molecule is OCC1(CNc2ccc(C3CC3)c(Cl)c2)COC1. The Bertz CT molecular complexity index is 436. The van der Waals surface area contributed by atoms with E-state index in [0.717, 1.165) is 17.3 Å². The molecule has 0 radical (unpaired) electrons. The van der Waals surface area contributed by atoms with Crippen LogP contribution in [0.3, 0.4) is 0 Å². The van der Waals surface area contributed by atoms with E-state index >= 15 is 0 Å². The van der Waals surface area contributed by atoms with Crippen LogP contribution in [0.5, 0.6) is 0 Å². The Morgan fingerprint density at radius 1 is 1.39 bits per heavy atom. The van der Waals surface area contributed by atoms with Gasteiger partial charge in [-0.25, -0.2) is 0 Å². The Labute approximate surface area is 112 Å². The van der Waals surface area contributed by atoms with Crippen LogP contribution in [0, 0.1) is 5.41 Å². The third-order valence-electron chi connectivity index (χ3n) is 3.84. The number of aliphatic hydroxyl groups excluding tert-OH is 1. The quantitative estimate of drug-likeness (QED) is 0.862. The first-order valence-electron chi connectivity index (χ1n) is 6.44. The van der Waals surface area contributed by atoms with Gasteiger partial charge in [-0.1, -0.05) is 17.7 Å². The van der Waals surface area contributed by atoms with Gasteiger partial charge in [0.1, 0.15) is 0 Å². The van der Waals surface area contributed by atoms with E-state index in [0.29, 0.717) is 19.1 Å². The van der Waals surface area contributed by atoms with Crippen molar-refractivity contribution in [1.82, 2.24) is 0 Å². The molecule has 0 aromatic heterocycles. The third kappa shape index (κ3) is 2.35. The average molecular weight is 268 g/mol. The molecule has 2 aliphatic rings. The molecule has 1 aliphatic heterocycles. The summed E-state index contributed by atoms with van der Waals surface area (Å²) in [6.07, 6.45) is 2.52. The standard InChI is InChI=1S/C14H18ClNO2/c15-13-5-11(3-4-12(13)10-1-2-10)16-6-14(7-17)8-18-9-14/h3-5,10,16-17H,1-2,6-9H2. The lowest BCUT2D eigenvalue weighted by Crippen LogP contribution is -2.50. The minimum absolute atomic E-state index is 0.109. The number of ether oxygens (including phenoxy) is 1. The topological polar surface area (TPSA) is 41.5 Å². The minimum Gasteiger partial charge on any atom is -0.396 e. The Morgan fingerprint density at radius 2 is 2.17 bits per heavy atom. The highest BCUT2D eigenvalue weighted by Crippen LogP contribution is 2.43. The number of hydrogen-bond donors (Lipinski definition) is 2. The predicted octanol–water partition coefficient (Wildman–Crippen LogP) is 2.64. The summed E-state index contributed by atoms with van der Waals surface area (Å²) in [5.74, 6) is 0.676. The summed E-state index contributed by atoms with van der Waals surface area (Å²) >= 11 is 6.28. The van der Waals surface area contributed by atoms with Crippen LogP contribution in [-0.2, 0) is 4.74 Å². The summed E-state index contributed by atoms with van der Waals surface area (Å²) in [4.78, 5) is 0. The van der Waals surface area contributed by atoms with Crippen LogP contribution in [0.1, 0.15) is 24.3 Å². The molecule has 3 rings (SSSR count). The Balaban J connectivity index is 1.64. The minimum atomic E-state index is -0.109. The van der Waals surface area contributed by atoms with Crippen molar-refractivity contribution < 1.29 is 9.84 Å². The molecule has 0 amide bonds. The van der Waals surface area contributed by atoms with E-state index in [1.807, 2.05) is 6.07 Å². The van der Waals surface area contributed by atoms with E-state index in [1.165, 1.54) is 18.4 Å². The molecule has 1 aromatic carbocycles. The number of rotatable bonds is 5. The lowest BCUT2D eigenvalue weighted by atomic mass is 9.87. The summed E-state index contributed by atoms with van der Waals surface area (Å²) in [5, 5.41) is 13.5. The largest absolute Gasteiger partial charge is 0.396 e. The van der Waals surface area contributed by atoms with Crippen molar-refractivity contribution in [3.05, 3.63) is 28.8 Å². The molecule has 0 bridgehead atoms. The van der Waals surface area contributed by atoms with Crippen LogP contribution >= 0.6 is 11.6 Å². The van der Waals surface area contributed by atoms with Crippen molar-refractivity contribution in [1.29, 1.82) is 0 Å². The number of nitrogens with one attached hydrogen (secondary N) is 1. The molecule has 1 saturated carbocycles. The normalized spacial score (nSPS) is 21.4. The summed E-state index contributed by atoms with van der Waals surface area (Å²) in [7, 11) is 0. The first kappa shape index (κ1) is 12.3. The van der Waals surface area contributed by atoms with Gasteiger partial charge in [-0.3, -0.25) is 0 Å². The maximum atomic E-state index is 9.35. The molecule has 1 saturated heterocycles. The van der Waals surface area contributed by atoms with E-state index < -0.39 is 0 Å². The lowest BCUT2D eigenvalue weighted by molar-refractivity contribution is -0.128. The second-order valence-electron chi connectivity index (χ2n) is 5.52. The van der Waals surface area contributed by atoms with Gasteiger partial charge in [-0.05, 0) is 36.5 Å². The Kier molecular flexibility index (Phi) is 3.22. The summed E-state index contributed by atoms with van der Waals surface area (Å²) in [6, 6.07) is 6.18. The van der Waals surface area contributed by atoms with Crippen LogP contribution in [0.15, 0.2) is 18.2 Å². The van der Waals surface area contributed by atoms with Crippen LogP contribution in [0.25, 0.3) is 0 Å². The van der Waals surface area contributed by atoms with E-state index in [9.17, 15) is 5.11 Å². The first-order valence-corrected chi connectivity index (χ1v) is 6.82. The van der Waals surface area contributed by atoms with Crippen molar-refractivity contribution in [3.63, 3.8) is 0 Å². The van der Waals surface area contributed by atoms with Gasteiger partial charge in [0.25, 0.3) is 0 Å². The third-order valence-corrected chi connectivity index (χ3v) is 4.16. The summed E-state index contributed by atoms with van der Waals surface area (Å²) < 4.78 is 5.17. The Hall–Kier alpha value is -0.770. The van der Waals surface area contributed by atoms with Gasteiger partial charge >= 0.3 is 0 Å². The molecule has 4 heteroatoms. The van der Waals surface area contributed by atoms with E-state index in [-0.39, 0.29) is 12.0 Å². The van der Waals surface area contributed by atoms with Gasteiger partial charge in [0.15, 0.2) is 0 Å². The highest BCUT2D eigenvalue weighted by molar-refractivity contribution is 6.31. The molecule has 1 heterocycles. The van der Waals surface area contributed by atoms with E-state index in [2.05, 4.69) is 17.4 Å². The second-order valence-corrected chi connectivity index (χ2v) is 5.92. The van der Waals surface area contributed by atoms with Gasteiger partial charge in [0, 0.05) is 17.3 Å². The summed E-state index contributed by atoms with van der Waals surface area (Å²) in [6.45, 7) is 2.14. The molecular weight excluding hydrogens is 250 g/mol. The van der Waals surface area contributed by atoms with E-state index in [1.54, 1.807) is 0 Å². The maximum absolute atomic E-state index is 9.35. The molecule has 3 nitrogen and oxygen atoms in total. The van der Waals surface area contributed by atoms with Crippen LogP contribution in [0.2, 0.25) is 5.02 Å². The number of benzene rings is 1. The molecule has 2 fully saturated rings. The second kappa shape index (κ2) is 4.72. The number of anilines is 1. The van der Waals surface area contributed by atoms with Crippen molar-refractivity contribution in [2.24, 2.45) is 5.41 Å². The van der Waals surface area contributed by atoms with E-state index in [4.69, 9.17) is 16.3 Å². The van der Waals surface area contributed by atoms with Crippen molar-refractivity contribution in [2.75, 3.05) is 31.7 Å². The molecule has 0 spiro atoms. The van der Waals surface area contributed by atoms with Crippen molar-refractivity contribution >= 4 is 17.3 Å². The molecule has 2 N–H and O–H groups in total. The number of hydrogen-bond acceptors (Lipinski definition) is 3. The zero-order valence-corrected chi connectivity index (χ0v) is 11.0. The predicted molar refractivity (Wildman–Crippen MR) is 72.3 cm³/mol. The Morgan fingerprint density at radius 3 is 2.67 bits per heavy atom. The van der Waals surface area contributed by atoms with Crippen LogP contribution in [0.4, 0.5) is 5.69 Å². The summed E-state index contributed by atoms with van der Waals surface area (Å²) in [5.41, 5.74) is 2.18. The monoisotopic (exact) mass is 267 g/mol. The van der Waals surface area contributed by atoms with Gasteiger partial charge in [-0.2, -0.15) is 0 Å². The average Bonchev–Trinajstić information content (AvgIpc) is 3.12. The molecule has 98 valence electrons. The molecule has 18 heavy (non-hydrogen) atoms. The zero-order valence-electron chi connectivity index (χ0n) is 10.3. The molecule has 1 aromatic rings. The smallest absolute Gasteiger partial charge is 0.0584 e. The lowest BCUT2D eigenvalue weighted by Gasteiger charge is -2.40. The highest BCUT2D eigenvalue weighted by atomic mass is 35.5. The molecule has 0 atom stereocenters. The number of aliphatic hydroxyl groups is 1. The maximum Gasteiger partial charge on any atom is 0.0584 e. The zero-order chi connectivity index (χ0) is 12.6. The molecule has 1 aliphatic carbocycles.